The molecule has 0 radical (unpaired) electrons. The monoisotopic (exact) mass is 573 g/mol. The summed E-state index contributed by atoms with van der Waals surface area (Å²) in [5, 5.41) is 10.9. The van der Waals surface area contributed by atoms with Crippen molar-refractivity contribution in [2.75, 3.05) is 21.3 Å². The maximum Gasteiger partial charge on any atom is 0.228 e. The molecule has 0 saturated heterocycles. The SMILES string of the molecule is COc1ccc(/C=N\OCc2nc3c4c(ncn3n2)Oc2ccc3ccccc3c2[C@@H]4c2ccc(OC)c(OC)c2)cc1. The molecule has 0 amide bonds. The number of nitrogens with zero attached hydrogens (tertiary/aromatic N) is 5. The summed E-state index contributed by atoms with van der Waals surface area (Å²) >= 11 is 0. The highest BCUT2D eigenvalue weighted by molar-refractivity contribution is 5.91. The Kier molecular flexibility index (Phi) is 6.71. The van der Waals surface area contributed by atoms with Gasteiger partial charge in [0.15, 0.2) is 29.6 Å². The van der Waals surface area contributed by atoms with Crippen LogP contribution in [0.15, 0.2) is 90.3 Å². The summed E-state index contributed by atoms with van der Waals surface area (Å²) in [6, 6.07) is 25.7. The van der Waals surface area contributed by atoms with E-state index in [1.165, 1.54) is 0 Å². The molecule has 214 valence electrons. The Morgan fingerprint density at radius 3 is 2.53 bits per heavy atom. The first-order chi connectivity index (χ1) is 21.2. The zero-order valence-electron chi connectivity index (χ0n) is 23.7. The van der Waals surface area contributed by atoms with Gasteiger partial charge in [-0.25, -0.2) is 14.5 Å². The molecule has 1 aliphatic heterocycles. The van der Waals surface area contributed by atoms with Crippen LogP contribution in [0.1, 0.15) is 34.0 Å². The fraction of sp³-hybridized carbons (Fsp3) is 0.152. The summed E-state index contributed by atoms with van der Waals surface area (Å²) in [6.45, 7) is 0.0739. The average molecular weight is 574 g/mol. The van der Waals surface area contributed by atoms with Gasteiger partial charge in [-0.1, -0.05) is 41.6 Å². The topological polar surface area (TPSA) is 102 Å². The van der Waals surface area contributed by atoms with Crippen LogP contribution in [-0.4, -0.2) is 47.1 Å². The van der Waals surface area contributed by atoms with Crippen LogP contribution in [0.5, 0.6) is 28.9 Å². The van der Waals surface area contributed by atoms with Crippen molar-refractivity contribution in [2.24, 2.45) is 5.16 Å². The van der Waals surface area contributed by atoms with Crippen molar-refractivity contribution in [1.29, 1.82) is 0 Å². The maximum atomic E-state index is 6.41. The van der Waals surface area contributed by atoms with E-state index in [2.05, 4.69) is 33.4 Å². The number of rotatable bonds is 8. The van der Waals surface area contributed by atoms with Crippen LogP contribution in [0.3, 0.4) is 0 Å². The van der Waals surface area contributed by atoms with Crippen LogP contribution in [-0.2, 0) is 11.4 Å². The Hall–Kier alpha value is -5.64. The first-order valence-corrected chi connectivity index (χ1v) is 13.6. The normalized spacial score (nSPS) is 13.9. The van der Waals surface area contributed by atoms with Gasteiger partial charge in [0, 0.05) is 11.5 Å². The van der Waals surface area contributed by atoms with Crippen molar-refractivity contribution >= 4 is 22.6 Å². The van der Waals surface area contributed by atoms with Gasteiger partial charge in [-0.15, -0.1) is 5.10 Å². The second-order valence-corrected chi connectivity index (χ2v) is 9.89. The van der Waals surface area contributed by atoms with Crippen LogP contribution in [0.25, 0.3) is 16.4 Å². The molecular weight excluding hydrogens is 546 g/mol. The van der Waals surface area contributed by atoms with Crippen LogP contribution < -0.4 is 18.9 Å². The average Bonchev–Trinajstić information content (AvgIpc) is 3.49. The lowest BCUT2D eigenvalue weighted by Crippen LogP contribution is -2.15. The zero-order chi connectivity index (χ0) is 29.3. The van der Waals surface area contributed by atoms with E-state index in [0.29, 0.717) is 28.9 Å². The minimum atomic E-state index is -0.285. The van der Waals surface area contributed by atoms with Crippen molar-refractivity contribution < 1.29 is 23.8 Å². The van der Waals surface area contributed by atoms with Crippen molar-refractivity contribution in [3.05, 3.63) is 113 Å². The Balaban J connectivity index is 1.31. The van der Waals surface area contributed by atoms with Crippen molar-refractivity contribution in [1.82, 2.24) is 19.6 Å². The standard InChI is InChI=1S/C33H27N5O5/c1-39-23-12-8-20(9-13-23)17-35-42-18-28-36-32-31-29(22-11-14-25(40-2)27(16-22)41-3)30-24-7-5-4-6-21(24)10-15-26(30)43-33(31)34-19-38(32)37-28/h4-17,19,29H,18H2,1-3H3/b35-17-/t29-/m0/s1. The molecule has 1 aliphatic rings. The predicted molar refractivity (Wildman–Crippen MR) is 161 cm³/mol. The van der Waals surface area contributed by atoms with E-state index in [4.69, 9.17) is 28.8 Å². The van der Waals surface area contributed by atoms with E-state index in [9.17, 15) is 0 Å². The highest BCUT2D eigenvalue weighted by Gasteiger charge is 2.35. The number of benzene rings is 4. The van der Waals surface area contributed by atoms with Gasteiger partial charge < -0.3 is 23.8 Å². The third kappa shape index (κ3) is 4.72. The molecule has 10 heteroatoms. The molecular formula is C33H27N5O5. The largest absolute Gasteiger partial charge is 0.497 e. The van der Waals surface area contributed by atoms with E-state index in [-0.39, 0.29) is 12.5 Å². The zero-order valence-corrected chi connectivity index (χ0v) is 23.7. The first kappa shape index (κ1) is 26.3. The molecule has 0 N–H and O–H groups in total. The second kappa shape index (κ2) is 11.0. The number of hydrogen-bond acceptors (Lipinski definition) is 9. The molecule has 1 atom stereocenters. The van der Waals surface area contributed by atoms with Crippen LogP contribution >= 0.6 is 0 Å². The van der Waals surface area contributed by atoms with Gasteiger partial charge >= 0.3 is 0 Å². The number of oxime groups is 1. The van der Waals surface area contributed by atoms with Gasteiger partial charge in [-0.2, -0.15) is 0 Å². The smallest absolute Gasteiger partial charge is 0.228 e. The predicted octanol–water partition coefficient (Wildman–Crippen LogP) is 6.14. The number of fused-ring (bicyclic) bond motifs is 6. The summed E-state index contributed by atoms with van der Waals surface area (Å²) in [5.74, 6) is 3.41. The van der Waals surface area contributed by atoms with Gasteiger partial charge in [0.1, 0.15) is 17.8 Å². The Morgan fingerprint density at radius 1 is 0.884 bits per heavy atom. The van der Waals surface area contributed by atoms with Crippen molar-refractivity contribution in [2.45, 2.75) is 12.5 Å². The highest BCUT2D eigenvalue weighted by atomic mass is 16.6. The van der Waals surface area contributed by atoms with Crippen LogP contribution in [0.4, 0.5) is 0 Å². The van der Waals surface area contributed by atoms with E-state index in [1.807, 2.05) is 60.7 Å². The summed E-state index contributed by atoms with van der Waals surface area (Å²) in [6.07, 6.45) is 3.23. The lowest BCUT2D eigenvalue weighted by molar-refractivity contribution is 0.126. The number of methoxy groups -OCH3 is 3. The lowest BCUT2D eigenvalue weighted by atomic mass is 9.81. The third-order valence-electron chi connectivity index (χ3n) is 7.47. The highest BCUT2D eigenvalue weighted by Crippen LogP contribution is 2.51. The molecule has 6 aromatic rings. The number of ether oxygens (including phenoxy) is 4. The third-order valence-corrected chi connectivity index (χ3v) is 7.47. The fourth-order valence-corrected chi connectivity index (χ4v) is 5.46. The Bertz CT molecular complexity index is 1990. The summed E-state index contributed by atoms with van der Waals surface area (Å²) in [4.78, 5) is 15.1. The molecule has 4 aromatic carbocycles. The molecule has 0 fully saturated rings. The summed E-state index contributed by atoms with van der Waals surface area (Å²) in [5.41, 5.74) is 4.26. The first-order valence-electron chi connectivity index (χ1n) is 13.6. The van der Waals surface area contributed by atoms with Gasteiger partial charge in [0.2, 0.25) is 5.88 Å². The van der Waals surface area contributed by atoms with E-state index < -0.39 is 0 Å². The summed E-state index contributed by atoms with van der Waals surface area (Å²) in [7, 11) is 4.88. The maximum absolute atomic E-state index is 6.41. The number of hydrogen-bond donors (Lipinski definition) is 0. The fourth-order valence-electron chi connectivity index (χ4n) is 5.46. The Labute approximate surface area is 247 Å². The molecule has 3 heterocycles. The quantitative estimate of drug-likeness (QED) is 0.158. The van der Waals surface area contributed by atoms with Gasteiger partial charge in [0.05, 0.1) is 33.1 Å². The minimum Gasteiger partial charge on any atom is -0.497 e. The van der Waals surface area contributed by atoms with Crippen molar-refractivity contribution in [3.63, 3.8) is 0 Å². The molecule has 0 saturated carbocycles. The molecule has 0 unspecified atom stereocenters. The molecule has 2 aromatic heterocycles. The van der Waals surface area contributed by atoms with Gasteiger partial charge in [-0.3, -0.25) is 0 Å². The lowest BCUT2D eigenvalue weighted by Gasteiger charge is -2.29. The van der Waals surface area contributed by atoms with E-state index in [0.717, 1.165) is 44.5 Å². The molecule has 10 nitrogen and oxygen atoms in total. The molecule has 0 bridgehead atoms. The molecule has 0 spiro atoms. The van der Waals surface area contributed by atoms with Crippen molar-refractivity contribution in [3.8, 4) is 28.9 Å². The second-order valence-electron chi connectivity index (χ2n) is 9.89. The van der Waals surface area contributed by atoms with E-state index in [1.54, 1.807) is 38.4 Å². The number of aromatic nitrogens is 4. The minimum absolute atomic E-state index is 0.0739. The van der Waals surface area contributed by atoms with Crippen LogP contribution in [0.2, 0.25) is 0 Å². The van der Waals surface area contributed by atoms with Crippen LogP contribution in [0, 0.1) is 0 Å². The molecule has 0 aliphatic carbocycles. The van der Waals surface area contributed by atoms with Gasteiger partial charge in [0.25, 0.3) is 0 Å². The van der Waals surface area contributed by atoms with E-state index >= 15 is 0 Å². The molecule has 7 rings (SSSR count). The Morgan fingerprint density at radius 2 is 1.72 bits per heavy atom. The summed E-state index contributed by atoms with van der Waals surface area (Å²) < 4.78 is 24.5. The van der Waals surface area contributed by atoms with Gasteiger partial charge in [-0.05, 0) is 64.4 Å². The molecule has 43 heavy (non-hydrogen) atoms.